The number of hydrogen-bond acceptors (Lipinski definition) is 5. The van der Waals surface area contributed by atoms with Crippen molar-refractivity contribution >= 4 is 45.5 Å². The Hall–Kier alpha value is -3.54. The van der Waals surface area contributed by atoms with E-state index in [-0.39, 0.29) is 6.04 Å². The van der Waals surface area contributed by atoms with E-state index >= 15 is 0 Å². The number of benzene rings is 3. The van der Waals surface area contributed by atoms with Gasteiger partial charge in [0.2, 0.25) is 5.95 Å². The molecule has 0 unspecified atom stereocenters. The van der Waals surface area contributed by atoms with E-state index in [0.717, 1.165) is 39.9 Å². The van der Waals surface area contributed by atoms with Crippen LogP contribution in [0, 0.1) is 0 Å². The Morgan fingerprint density at radius 3 is 2.30 bits per heavy atom. The summed E-state index contributed by atoms with van der Waals surface area (Å²) in [5.41, 5.74) is 4.88. The molecule has 0 saturated carbocycles. The van der Waals surface area contributed by atoms with E-state index in [0.29, 0.717) is 11.0 Å². The molecule has 0 amide bonds. The number of thiophene rings is 1. The molecule has 3 heterocycles. The largest absolute Gasteiger partial charge is 0.247 e. The van der Waals surface area contributed by atoms with Gasteiger partial charge < -0.3 is 0 Å². The SMILES string of the molecule is Clc1ccc2nc(N3N=C(c4ccccc4)C[C@H]3c3cccs3)nc(-c3ccccc3)c2c1. The second-order valence-electron chi connectivity index (χ2n) is 7.89. The molecule has 2 aromatic heterocycles. The fourth-order valence-corrected chi connectivity index (χ4v) is 5.19. The highest BCUT2D eigenvalue weighted by Crippen LogP contribution is 2.39. The molecule has 1 aliphatic rings. The molecule has 1 atom stereocenters. The van der Waals surface area contributed by atoms with Gasteiger partial charge in [0.15, 0.2) is 0 Å². The fourth-order valence-electron chi connectivity index (χ4n) is 4.21. The standard InChI is InChI=1S/C27H19ClN4S/c28-20-13-14-22-21(16-20)26(19-10-5-2-6-11-19)30-27(29-22)32-24(25-12-7-15-33-25)17-23(31-32)18-8-3-1-4-9-18/h1-16,24H,17H2/t24-/m0/s1. The van der Waals surface area contributed by atoms with Gasteiger partial charge in [0, 0.05) is 27.3 Å². The number of rotatable bonds is 4. The van der Waals surface area contributed by atoms with Crippen LogP contribution >= 0.6 is 22.9 Å². The van der Waals surface area contributed by atoms with E-state index in [4.69, 9.17) is 26.7 Å². The lowest BCUT2D eigenvalue weighted by Crippen LogP contribution is -2.20. The Labute approximate surface area is 200 Å². The zero-order valence-electron chi connectivity index (χ0n) is 17.6. The van der Waals surface area contributed by atoms with Crippen LogP contribution in [0.3, 0.4) is 0 Å². The Morgan fingerprint density at radius 1 is 0.818 bits per heavy atom. The minimum Gasteiger partial charge on any atom is -0.223 e. The molecule has 0 fully saturated rings. The fraction of sp³-hybridized carbons (Fsp3) is 0.0741. The van der Waals surface area contributed by atoms with Crippen LogP contribution in [0.4, 0.5) is 5.95 Å². The molecular weight excluding hydrogens is 448 g/mol. The highest BCUT2D eigenvalue weighted by molar-refractivity contribution is 7.10. The van der Waals surface area contributed by atoms with E-state index in [9.17, 15) is 0 Å². The summed E-state index contributed by atoms with van der Waals surface area (Å²) in [6.07, 6.45) is 0.799. The Balaban J connectivity index is 1.54. The third-order valence-corrected chi connectivity index (χ3v) is 7.00. The molecule has 160 valence electrons. The highest BCUT2D eigenvalue weighted by Gasteiger charge is 2.32. The summed E-state index contributed by atoms with van der Waals surface area (Å²) in [6.45, 7) is 0. The number of fused-ring (bicyclic) bond motifs is 1. The van der Waals surface area contributed by atoms with Crippen molar-refractivity contribution in [2.45, 2.75) is 12.5 Å². The summed E-state index contributed by atoms with van der Waals surface area (Å²) >= 11 is 8.07. The van der Waals surface area contributed by atoms with Crippen LogP contribution in [-0.4, -0.2) is 15.7 Å². The maximum Gasteiger partial charge on any atom is 0.247 e. The van der Waals surface area contributed by atoms with Gasteiger partial charge in [0.25, 0.3) is 0 Å². The molecule has 4 nitrogen and oxygen atoms in total. The van der Waals surface area contributed by atoms with Crippen molar-refractivity contribution in [2.75, 3.05) is 5.01 Å². The Morgan fingerprint density at radius 2 is 1.58 bits per heavy atom. The van der Waals surface area contributed by atoms with Gasteiger partial charge >= 0.3 is 0 Å². The Bertz CT molecular complexity index is 1450. The zero-order chi connectivity index (χ0) is 22.2. The lowest BCUT2D eigenvalue weighted by Gasteiger charge is -2.21. The molecule has 5 aromatic rings. The third-order valence-electron chi connectivity index (χ3n) is 5.79. The summed E-state index contributed by atoms with van der Waals surface area (Å²) in [7, 11) is 0. The number of nitrogens with zero attached hydrogens (tertiary/aromatic N) is 4. The van der Waals surface area contributed by atoms with Gasteiger partial charge in [-0.1, -0.05) is 78.3 Å². The van der Waals surface area contributed by atoms with Gasteiger partial charge in [0.05, 0.1) is 23.0 Å². The lowest BCUT2D eigenvalue weighted by molar-refractivity contribution is 0.700. The van der Waals surface area contributed by atoms with E-state index < -0.39 is 0 Å². The predicted molar refractivity (Wildman–Crippen MR) is 137 cm³/mol. The average molecular weight is 467 g/mol. The molecule has 0 N–H and O–H groups in total. The summed E-state index contributed by atoms with van der Waals surface area (Å²) < 4.78 is 0. The van der Waals surface area contributed by atoms with Crippen LogP contribution in [0.2, 0.25) is 5.02 Å². The van der Waals surface area contributed by atoms with Crippen molar-refractivity contribution in [3.05, 3.63) is 112 Å². The zero-order valence-corrected chi connectivity index (χ0v) is 19.2. The molecule has 0 aliphatic carbocycles. The summed E-state index contributed by atoms with van der Waals surface area (Å²) in [6, 6.07) is 30.5. The monoisotopic (exact) mass is 466 g/mol. The van der Waals surface area contributed by atoms with E-state index in [1.807, 2.05) is 59.6 Å². The first-order valence-electron chi connectivity index (χ1n) is 10.7. The number of hydrazone groups is 1. The van der Waals surface area contributed by atoms with Crippen LogP contribution in [0.5, 0.6) is 0 Å². The summed E-state index contributed by atoms with van der Waals surface area (Å²) in [5.74, 6) is 0.591. The molecule has 0 saturated heterocycles. The summed E-state index contributed by atoms with van der Waals surface area (Å²) in [5, 5.41) is 10.7. The van der Waals surface area contributed by atoms with Crippen molar-refractivity contribution in [1.29, 1.82) is 0 Å². The van der Waals surface area contributed by atoms with Gasteiger partial charge in [0.1, 0.15) is 0 Å². The molecule has 0 spiro atoms. The van der Waals surface area contributed by atoms with Gasteiger partial charge in [-0.2, -0.15) is 5.10 Å². The van der Waals surface area contributed by atoms with E-state index in [1.165, 1.54) is 4.88 Å². The Kier molecular flexibility index (Phi) is 5.13. The second-order valence-corrected chi connectivity index (χ2v) is 9.31. The predicted octanol–water partition coefficient (Wildman–Crippen LogP) is 7.37. The van der Waals surface area contributed by atoms with Crippen LogP contribution in [0.15, 0.2) is 101 Å². The van der Waals surface area contributed by atoms with Crippen LogP contribution in [-0.2, 0) is 0 Å². The molecule has 0 bridgehead atoms. The normalized spacial score (nSPS) is 15.7. The smallest absolute Gasteiger partial charge is 0.223 e. The van der Waals surface area contributed by atoms with Crippen LogP contribution in [0.1, 0.15) is 22.9 Å². The lowest BCUT2D eigenvalue weighted by atomic mass is 10.0. The van der Waals surface area contributed by atoms with Crippen molar-refractivity contribution in [3.8, 4) is 11.3 Å². The first kappa shape index (κ1) is 20.1. The van der Waals surface area contributed by atoms with Gasteiger partial charge in [-0.05, 0) is 35.2 Å². The van der Waals surface area contributed by atoms with Gasteiger partial charge in [-0.25, -0.2) is 15.0 Å². The van der Waals surface area contributed by atoms with E-state index in [1.54, 1.807) is 11.3 Å². The number of halogens is 1. The molecule has 6 heteroatoms. The highest BCUT2D eigenvalue weighted by atomic mass is 35.5. The first-order valence-corrected chi connectivity index (χ1v) is 12.0. The van der Waals surface area contributed by atoms with Crippen molar-refractivity contribution in [3.63, 3.8) is 0 Å². The van der Waals surface area contributed by atoms with E-state index in [2.05, 4.69) is 41.8 Å². The maximum absolute atomic E-state index is 6.34. The van der Waals surface area contributed by atoms with Crippen molar-refractivity contribution in [1.82, 2.24) is 9.97 Å². The molecule has 6 rings (SSSR count). The molecule has 33 heavy (non-hydrogen) atoms. The second kappa shape index (κ2) is 8.43. The molecule has 0 radical (unpaired) electrons. The maximum atomic E-state index is 6.34. The number of hydrogen-bond donors (Lipinski definition) is 0. The van der Waals surface area contributed by atoms with Gasteiger partial charge in [-0.3, -0.25) is 0 Å². The number of anilines is 1. The quantitative estimate of drug-likeness (QED) is 0.277. The number of aromatic nitrogens is 2. The molecule has 1 aliphatic heterocycles. The van der Waals surface area contributed by atoms with Crippen molar-refractivity contribution < 1.29 is 0 Å². The van der Waals surface area contributed by atoms with Gasteiger partial charge in [-0.15, -0.1) is 11.3 Å². The van der Waals surface area contributed by atoms with Crippen molar-refractivity contribution in [2.24, 2.45) is 5.10 Å². The third kappa shape index (κ3) is 3.80. The molecular formula is C27H19ClN4S. The topological polar surface area (TPSA) is 41.4 Å². The minimum absolute atomic E-state index is 0.0496. The van der Waals surface area contributed by atoms with Crippen LogP contribution in [0.25, 0.3) is 22.2 Å². The first-order chi connectivity index (χ1) is 16.3. The summed E-state index contributed by atoms with van der Waals surface area (Å²) in [4.78, 5) is 11.2. The van der Waals surface area contributed by atoms with Crippen LogP contribution < -0.4 is 5.01 Å². The average Bonchev–Trinajstić information content (AvgIpc) is 3.55. The molecule has 3 aromatic carbocycles. The minimum atomic E-state index is 0.0496.